The molecule has 1 N–H and O–H groups in total. The Morgan fingerprint density at radius 3 is 2.39 bits per heavy atom. The van der Waals surface area contributed by atoms with Crippen LogP contribution < -0.4 is 0 Å². The van der Waals surface area contributed by atoms with Crippen molar-refractivity contribution < 1.29 is 9.90 Å². The number of hydrogen-bond acceptors (Lipinski definition) is 1. The zero-order chi connectivity index (χ0) is 13.2. The smallest absolute Gasteiger partial charge is 0.309 e. The Morgan fingerprint density at radius 1 is 1.22 bits per heavy atom. The second-order valence-electron chi connectivity index (χ2n) is 6.79. The Morgan fingerprint density at radius 2 is 1.89 bits per heavy atom. The standard InChI is InChI=1S/C16H28O2/c1-3-13-6-8-14(9-7-13)16(15(17)18)10-4-5-12(2)11-16/h12-14H,3-11H2,1-2H3,(H,17,18). The lowest BCUT2D eigenvalue weighted by Crippen LogP contribution is -2.43. The van der Waals surface area contributed by atoms with Gasteiger partial charge >= 0.3 is 5.97 Å². The molecule has 0 aliphatic heterocycles. The van der Waals surface area contributed by atoms with Crippen molar-refractivity contribution in [2.75, 3.05) is 0 Å². The van der Waals surface area contributed by atoms with E-state index in [2.05, 4.69) is 13.8 Å². The van der Waals surface area contributed by atoms with Crippen LogP contribution in [0.25, 0.3) is 0 Å². The minimum Gasteiger partial charge on any atom is -0.481 e. The largest absolute Gasteiger partial charge is 0.481 e. The highest BCUT2D eigenvalue weighted by Gasteiger charge is 2.48. The number of carboxylic acids is 1. The first-order valence-corrected chi connectivity index (χ1v) is 7.82. The van der Waals surface area contributed by atoms with Crippen molar-refractivity contribution in [3.05, 3.63) is 0 Å². The van der Waals surface area contributed by atoms with Gasteiger partial charge in [0.05, 0.1) is 5.41 Å². The van der Waals surface area contributed by atoms with E-state index < -0.39 is 5.97 Å². The van der Waals surface area contributed by atoms with Gasteiger partial charge in [0.15, 0.2) is 0 Å². The molecule has 2 aliphatic rings. The summed E-state index contributed by atoms with van der Waals surface area (Å²) in [6.07, 6.45) is 10.3. The van der Waals surface area contributed by atoms with E-state index in [1.807, 2.05) is 0 Å². The molecular formula is C16H28O2. The molecule has 2 saturated carbocycles. The monoisotopic (exact) mass is 252 g/mol. The van der Waals surface area contributed by atoms with Gasteiger partial charge in [-0.15, -0.1) is 0 Å². The Kier molecular flexibility index (Phi) is 4.34. The van der Waals surface area contributed by atoms with Crippen LogP contribution in [0.5, 0.6) is 0 Å². The quantitative estimate of drug-likeness (QED) is 0.804. The van der Waals surface area contributed by atoms with Crippen LogP contribution in [0.4, 0.5) is 0 Å². The Balaban J connectivity index is 2.08. The normalized spacial score (nSPS) is 41.6. The zero-order valence-electron chi connectivity index (χ0n) is 12.0. The van der Waals surface area contributed by atoms with Gasteiger partial charge in [-0.2, -0.15) is 0 Å². The first-order chi connectivity index (χ1) is 8.58. The molecule has 2 unspecified atom stereocenters. The molecule has 0 heterocycles. The molecule has 2 rings (SSSR count). The van der Waals surface area contributed by atoms with Gasteiger partial charge in [-0.1, -0.05) is 46.0 Å². The van der Waals surface area contributed by atoms with Crippen LogP contribution in [0, 0.1) is 23.2 Å². The van der Waals surface area contributed by atoms with Crippen LogP contribution in [0.2, 0.25) is 0 Å². The molecule has 0 radical (unpaired) electrons. The van der Waals surface area contributed by atoms with Crippen molar-refractivity contribution in [2.45, 2.75) is 71.6 Å². The van der Waals surface area contributed by atoms with Gasteiger partial charge in [0.2, 0.25) is 0 Å². The molecule has 2 nitrogen and oxygen atoms in total. The minimum atomic E-state index is -0.506. The molecule has 0 saturated heterocycles. The lowest BCUT2D eigenvalue weighted by molar-refractivity contribution is -0.158. The topological polar surface area (TPSA) is 37.3 Å². The van der Waals surface area contributed by atoms with Gasteiger partial charge in [-0.3, -0.25) is 4.79 Å². The summed E-state index contributed by atoms with van der Waals surface area (Å²) in [5, 5.41) is 9.78. The molecule has 0 aromatic carbocycles. The number of aliphatic carboxylic acids is 1. The molecular weight excluding hydrogens is 224 g/mol. The highest BCUT2D eigenvalue weighted by Crippen LogP contribution is 2.51. The van der Waals surface area contributed by atoms with Crippen LogP contribution in [-0.4, -0.2) is 11.1 Å². The number of carboxylic acid groups (broad SMARTS) is 1. The summed E-state index contributed by atoms with van der Waals surface area (Å²) in [6, 6.07) is 0. The van der Waals surface area contributed by atoms with Crippen molar-refractivity contribution in [3.63, 3.8) is 0 Å². The average molecular weight is 252 g/mol. The SMILES string of the molecule is CCC1CCC(C2(C(=O)O)CCCC(C)C2)CC1. The Bertz CT molecular complexity index is 291. The maximum absolute atomic E-state index is 11.9. The number of carbonyl (C=O) groups is 1. The molecule has 18 heavy (non-hydrogen) atoms. The van der Waals surface area contributed by atoms with Crippen LogP contribution in [0.15, 0.2) is 0 Å². The maximum atomic E-state index is 11.9. The summed E-state index contributed by atoms with van der Waals surface area (Å²) in [5.41, 5.74) is -0.379. The third-order valence-electron chi connectivity index (χ3n) is 5.66. The molecule has 2 atom stereocenters. The van der Waals surface area contributed by atoms with Crippen molar-refractivity contribution in [2.24, 2.45) is 23.2 Å². The van der Waals surface area contributed by atoms with Gasteiger partial charge in [0, 0.05) is 0 Å². The minimum absolute atomic E-state index is 0.379. The molecule has 2 aliphatic carbocycles. The molecule has 104 valence electrons. The van der Waals surface area contributed by atoms with E-state index in [0.29, 0.717) is 11.8 Å². The first kappa shape index (κ1) is 13.9. The number of hydrogen-bond donors (Lipinski definition) is 1. The lowest BCUT2D eigenvalue weighted by atomic mass is 9.58. The molecule has 0 bridgehead atoms. The van der Waals surface area contributed by atoms with Crippen LogP contribution >= 0.6 is 0 Å². The predicted octanol–water partition coefficient (Wildman–Crippen LogP) is 4.48. The summed E-state index contributed by atoms with van der Waals surface area (Å²) in [6.45, 7) is 4.50. The fraction of sp³-hybridized carbons (Fsp3) is 0.938. The van der Waals surface area contributed by atoms with Crippen molar-refractivity contribution in [1.29, 1.82) is 0 Å². The lowest BCUT2D eigenvalue weighted by Gasteiger charge is -2.45. The fourth-order valence-electron chi connectivity index (χ4n) is 4.45. The van der Waals surface area contributed by atoms with Crippen molar-refractivity contribution in [3.8, 4) is 0 Å². The fourth-order valence-corrected chi connectivity index (χ4v) is 4.45. The summed E-state index contributed by atoms with van der Waals surface area (Å²) in [7, 11) is 0. The van der Waals surface area contributed by atoms with E-state index in [9.17, 15) is 9.90 Å². The second kappa shape index (κ2) is 5.63. The maximum Gasteiger partial charge on any atom is 0.309 e. The third-order valence-corrected chi connectivity index (χ3v) is 5.66. The molecule has 0 aromatic rings. The van der Waals surface area contributed by atoms with Crippen LogP contribution in [0.1, 0.15) is 71.6 Å². The van der Waals surface area contributed by atoms with E-state index in [1.165, 1.54) is 25.7 Å². The predicted molar refractivity (Wildman–Crippen MR) is 73.4 cm³/mol. The highest BCUT2D eigenvalue weighted by atomic mass is 16.4. The van der Waals surface area contributed by atoms with Gasteiger partial charge in [0.25, 0.3) is 0 Å². The van der Waals surface area contributed by atoms with Gasteiger partial charge < -0.3 is 5.11 Å². The average Bonchev–Trinajstić information content (AvgIpc) is 2.38. The van der Waals surface area contributed by atoms with Crippen molar-refractivity contribution >= 4 is 5.97 Å². The summed E-state index contributed by atoms with van der Waals surface area (Å²) in [5.74, 6) is 1.39. The molecule has 2 heteroatoms. The molecule has 0 amide bonds. The van der Waals surface area contributed by atoms with E-state index in [4.69, 9.17) is 0 Å². The van der Waals surface area contributed by atoms with E-state index in [-0.39, 0.29) is 5.41 Å². The van der Waals surface area contributed by atoms with E-state index in [0.717, 1.165) is 38.0 Å². The Hall–Kier alpha value is -0.530. The van der Waals surface area contributed by atoms with E-state index in [1.54, 1.807) is 0 Å². The van der Waals surface area contributed by atoms with Gasteiger partial charge in [-0.25, -0.2) is 0 Å². The third kappa shape index (κ3) is 2.57. The molecule has 0 aromatic heterocycles. The first-order valence-electron chi connectivity index (χ1n) is 7.82. The molecule has 0 spiro atoms. The van der Waals surface area contributed by atoms with Gasteiger partial charge in [-0.05, 0) is 43.4 Å². The van der Waals surface area contributed by atoms with Crippen LogP contribution in [0.3, 0.4) is 0 Å². The summed E-state index contributed by atoms with van der Waals surface area (Å²) < 4.78 is 0. The van der Waals surface area contributed by atoms with Crippen LogP contribution in [-0.2, 0) is 4.79 Å². The zero-order valence-corrected chi connectivity index (χ0v) is 12.0. The van der Waals surface area contributed by atoms with E-state index >= 15 is 0 Å². The summed E-state index contributed by atoms with van der Waals surface area (Å²) >= 11 is 0. The number of rotatable bonds is 3. The van der Waals surface area contributed by atoms with Gasteiger partial charge in [0.1, 0.15) is 0 Å². The molecule has 2 fully saturated rings. The highest BCUT2D eigenvalue weighted by molar-refractivity contribution is 5.75. The Labute approximate surface area is 111 Å². The van der Waals surface area contributed by atoms with Crippen molar-refractivity contribution in [1.82, 2.24) is 0 Å². The summed E-state index contributed by atoms with van der Waals surface area (Å²) in [4.78, 5) is 11.9. The second-order valence-corrected chi connectivity index (χ2v) is 6.79.